The number of nitrogens with zero attached hydrogens (tertiary/aromatic N) is 2. The minimum absolute atomic E-state index is 0.317. The zero-order valence-corrected chi connectivity index (χ0v) is 13.2. The first-order chi connectivity index (χ1) is 9.92. The van der Waals surface area contributed by atoms with E-state index in [1.54, 1.807) is 6.07 Å². The first-order valence-electron chi connectivity index (χ1n) is 6.92. The van der Waals surface area contributed by atoms with Crippen LogP contribution in [0.5, 0.6) is 0 Å². The number of hydrogen-bond acceptors (Lipinski definition) is 3. The van der Waals surface area contributed by atoms with Gasteiger partial charge in [0.1, 0.15) is 5.82 Å². The lowest BCUT2D eigenvalue weighted by atomic mass is 9.99. The Balaban J connectivity index is 2.44. The first kappa shape index (κ1) is 15.9. The highest BCUT2D eigenvalue weighted by atomic mass is 35.5. The van der Waals surface area contributed by atoms with Gasteiger partial charge in [-0.15, -0.1) is 0 Å². The maximum Gasteiger partial charge on any atom is 0.161 e. The average molecular weight is 308 g/mol. The van der Waals surface area contributed by atoms with Crippen LogP contribution in [0, 0.1) is 25.6 Å². The number of benzene rings is 1. The largest absolute Gasteiger partial charge is 0.330 e. The van der Waals surface area contributed by atoms with E-state index < -0.39 is 0 Å². The van der Waals surface area contributed by atoms with E-state index in [0.29, 0.717) is 28.9 Å². The summed E-state index contributed by atoms with van der Waals surface area (Å²) in [6, 6.07) is 4.24. The van der Waals surface area contributed by atoms with Gasteiger partial charge in [0.15, 0.2) is 5.82 Å². The third kappa shape index (κ3) is 3.57. The number of rotatable bonds is 4. The van der Waals surface area contributed by atoms with E-state index in [1.807, 2.05) is 13.8 Å². The second-order valence-electron chi connectivity index (χ2n) is 5.37. The lowest BCUT2D eigenvalue weighted by molar-refractivity contribution is 0.586. The summed E-state index contributed by atoms with van der Waals surface area (Å²) < 4.78 is 13.1. The molecule has 21 heavy (non-hydrogen) atoms. The normalized spacial score (nSPS) is 12.5. The Labute approximate surface area is 129 Å². The molecule has 0 bridgehead atoms. The quantitative estimate of drug-likeness (QED) is 0.937. The summed E-state index contributed by atoms with van der Waals surface area (Å²) in [5.74, 6) is 0.538. The van der Waals surface area contributed by atoms with Crippen LogP contribution in [0.1, 0.15) is 23.9 Å². The smallest absolute Gasteiger partial charge is 0.161 e. The standard InChI is InChI=1S/C16H19ClFN3/c1-9(8-19)6-14-10(2)20-16(21-11(14)3)13-5-4-12(18)7-15(13)17/h4-5,7,9H,6,8,19H2,1-3H3. The van der Waals surface area contributed by atoms with Crippen molar-refractivity contribution in [3.63, 3.8) is 0 Å². The molecule has 5 heteroatoms. The van der Waals surface area contributed by atoms with Crippen LogP contribution in [0.3, 0.4) is 0 Å². The van der Waals surface area contributed by atoms with Crippen LogP contribution >= 0.6 is 11.6 Å². The lowest BCUT2D eigenvalue weighted by Crippen LogP contribution is -2.15. The molecule has 1 atom stereocenters. The molecular formula is C16H19ClFN3. The third-order valence-corrected chi connectivity index (χ3v) is 3.86. The molecule has 0 aliphatic heterocycles. The molecule has 2 aromatic rings. The summed E-state index contributed by atoms with van der Waals surface area (Å²) in [6.07, 6.45) is 0.853. The van der Waals surface area contributed by atoms with E-state index in [2.05, 4.69) is 16.9 Å². The molecule has 1 aromatic carbocycles. The van der Waals surface area contributed by atoms with E-state index in [0.717, 1.165) is 23.4 Å². The van der Waals surface area contributed by atoms with Gasteiger partial charge in [-0.2, -0.15) is 0 Å². The van der Waals surface area contributed by atoms with E-state index in [1.165, 1.54) is 12.1 Å². The third-order valence-electron chi connectivity index (χ3n) is 3.55. The molecule has 0 radical (unpaired) electrons. The molecule has 2 rings (SSSR count). The molecule has 1 heterocycles. The van der Waals surface area contributed by atoms with Crippen LogP contribution in [-0.4, -0.2) is 16.5 Å². The Morgan fingerprint density at radius 3 is 2.38 bits per heavy atom. The van der Waals surface area contributed by atoms with Crippen molar-refractivity contribution in [2.75, 3.05) is 6.54 Å². The molecule has 0 saturated heterocycles. The van der Waals surface area contributed by atoms with Crippen molar-refractivity contribution in [2.24, 2.45) is 11.7 Å². The highest BCUT2D eigenvalue weighted by Crippen LogP contribution is 2.27. The van der Waals surface area contributed by atoms with Crippen LogP contribution in [0.15, 0.2) is 18.2 Å². The SMILES string of the molecule is Cc1nc(-c2ccc(F)cc2Cl)nc(C)c1CC(C)CN. The number of hydrogen-bond donors (Lipinski definition) is 1. The van der Waals surface area contributed by atoms with Gasteiger partial charge in [0.25, 0.3) is 0 Å². The summed E-state index contributed by atoms with van der Waals surface area (Å²) in [5.41, 5.74) is 9.27. The summed E-state index contributed by atoms with van der Waals surface area (Å²) in [6.45, 7) is 6.64. The highest BCUT2D eigenvalue weighted by Gasteiger charge is 2.14. The Morgan fingerprint density at radius 2 is 1.86 bits per heavy atom. The molecule has 0 saturated carbocycles. The molecule has 0 aliphatic rings. The Morgan fingerprint density at radius 1 is 1.24 bits per heavy atom. The minimum Gasteiger partial charge on any atom is -0.330 e. The van der Waals surface area contributed by atoms with Gasteiger partial charge >= 0.3 is 0 Å². The lowest BCUT2D eigenvalue weighted by Gasteiger charge is -2.14. The van der Waals surface area contributed by atoms with Gasteiger partial charge in [-0.05, 0) is 56.5 Å². The molecule has 0 spiro atoms. The molecule has 3 nitrogen and oxygen atoms in total. The fraction of sp³-hybridized carbons (Fsp3) is 0.375. The monoisotopic (exact) mass is 307 g/mol. The van der Waals surface area contributed by atoms with Gasteiger partial charge in [0, 0.05) is 17.0 Å². The van der Waals surface area contributed by atoms with Gasteiger partial charge in [0.2, 0.25) is 0 Å². The van der Waals surface area contributed by atoms with Crippen molar-refractivity contribution in [3.05, 3.63) is 46.0 Å². The number of halogens is 2. The topological polar surface area (TPSA) is 51.8 Å². The number of nitrogens with two attached hydrogens (primary N) is 1. The fourth-order valence-corrected chi connectivity index (χ4v) is 2.51. The average Bonchev–Trinajstić information content (AvgIpc) is 2.42. The molecule has 112 valence electrons. The molecule has 0 amide bonds. The predicted molar refractivity (Wildman–Crippen MR) is 83.8 cm³/mol. The highest BCUT2D eigenvalue weighted by molar-refractivity contribution is 6.33. The van der Waals surface area contributed by atoms with Crippen LogP contribution in [0.4, 0.5) is 4.39 Å². The van der Waals surface area contributed by atoms with E-state index in [-0.39, 0.29) is 5.82 Å². The van der Waals surface area contributed by atoms with Gasteiger partial charge in [-0.1, -0.05) is 18.5 Å². The van der Waals surface area contributed by atoms with Crippen molar-refractivity contribution in [1.29, 1.82) is 0 Å². The Kier molecular flexibility index (Phi) is 4.91. The second kappa shape index (κ2) is 6.50. The van der Waals surface area contributed by atoms with Crippen LogP contribution in [0.25, 0.3) is 11.4 Å². The van der Waals surface area contributed by atoms with Crippen LogP contribution in [-0.2, 0) is 6.42 Å². The van der Waals surface area contributed by atoms with Gasteiger partial charge in [-0.25, -0.2) is 14.4 Å². The minimum atomic E-state index is -0.370. The van der Waals surface area contributed by atoms with Crippen molar-refractivity contribution < 1.29 is 4.39 Å². The summed E-state index contributed by atoms with van der Waals surface area (Å²) >= 11 is 6.08. The van der Waals surface area contributed by atoms with Crippen molar-refractivity contribution in [1.82, 2.24) is 9.97 Å². The van der Waals surface area contributed by atoms with E-state index in [4.69, 9.17) is 17.3 Å². The first-order valence-corrected chi connectivity index (χ1v) is 7.29. The molecular weight excluding hydrogens is 289 g/mol. The summed E-state index contributed by atoms with van der Waals surface area (Å²) in [4.78, 5) is 9.05. The van der Waals surface area contributed by atoms with Crippen LogP contribution < -0.4 is 5.73 Å². The Bertz CT molecular complexity index is 635. The maximum atomic E-state index is 13.1. The van der Waals surface area contributed by atoms with Crippen molar-refractivity contribution in [2.45, 2.75) is 27.2 Å². The van der Waals surface area contributed by atoms with Crippen molar-refractivity contribution in [3.8, 4) is 11.4 Å². The summed E-state index contributed by atoms with van der Waals surface area (Å²) in [7, 11) is 0. The van der Waals surface area contributed by atoms with Gasteiger partial charge < -0.3 is 5.73 Å². The van der Waals surface area contributed by atoms with E-state index in [9.17, 15) is 4.39 Å². The Hall–Kier alpha value is -1.52. The zero-order valence-electron chi connectivity index (χ0n) is 12.5. The van der Waals surface area contributed by atoms with Crippen molar-refractivity contribution >= 4 is 11.6 Å². The number of aryl methyl sites for hydroxylation is 2. The number of aromatic nitrogens is 2. The maximum absolute atomic E-state index is 13.1. The molecule has 0 fully saturated rings. The molecule has 2 N–H and O–H groups in total. The van der Waals surface area contributed by atoms with E-state index >= 15 is 0 Å². The van der Waals surface area contributed by atoms with Gasteiger partial charge in [0.05, 0.1) is 5.02 Å². The zero-order chi connectivity index (χ0) is 15.6. The fourth-order valence-electron chi connectivity index (χ4n) is 2.26. The molecule has 1 aromatic heterocycles. The van der Waals surface area contributed by atoms with Gasteiger partial charge in [-0.3, -0.25) is 0 Å². The predicted octanol–water partition coefficient (Wildman–Crippen LogP) is 3.69. The molecule has 1 unspecified atom stereocenters. The van der Waals surface area contributed by atoms with Crippen LogP contribution in [0.2, 0.25) is 5.02 Å². The summed E-state index contributed by atoms with van der Waals surface area (Å²) in [5, 5.41) is 0.317. The molecule has 0 aliphatic carbocycles. The second-order valence-corrected chi connectivity index (χ2v) is 5.77.